The Balaban J connectivity index is 2.81. The molecule has 0 aliphatic rings. The summed E-state index contributed by atoms with van der Waals surface area (Å²) in [4.78, 5) is 0. The molecule has 0 radical (unpaired) electrons. The molecule has 1 aromatic rings. The van der Waals surface area contributed by atoms with E-state index in [0.717, 1.165) is 5.56 Å². The number of rotatable bonds is 4. The lowest BCUT2D eigenvalue weighted by Crippen LogP contribution is -2.22. The zero-order chi connectivity index (χ0) is 11.4. The number of hydrogen-bond donors (Lipinski definition) is 1. The minimum atomic E-state index is -0.118. The van der Waals surface area contributed by atoms with Crippen LogP contribution in [0.25, 0.3) is 0 Å². The standard InChI is InChI=1S/C13H20FN/c1-9(2)11-5-6-13(14)12(7-11)8-15-10(3)4/h5-7,9-10,15H,8H2,1-4H3. The van der Waals surface area contributed by atoms with Crippen LogP contribution in [0.1, 0.15) is 44.7 Å². The monoisotopic (exact) mass is 209 g/mol. The van der Waals surface area contributed by atoms with Crippen LogP contribution in [0.3, 0.4) is 0 Å². The Bertz CT molecular complexity index is 318. The van der Waals surface area contributed by atoms with Gasteiger partial charge in [-0.25, -0.2) is 4.39 Å². The summed E-state index contributed by atoms with van der Waals surface area (Å²) in [7, 11) is 0. The third-order valence-electron chi connectivity index (χ3n) is 2.44. The van der Waals surface area contributed by atoms with Crippen molar-refractivity contribution in [2.75, 3.05) is 0 Å². The van der Waals surface area contributed by atoms with Gasteiger partial charge in [0.25, 0.3) is 0 Å². The molecule has 0 amide bonds. The minimum absolute atomic E-state index is 0.118. The lowest BCUT2D eigenvalue weighted by Gasteiger charge is -2.12. The van der Waals surface area contributed by atoms with Crippen molar-refractivity contribution in [1.29, 1.82) is 0 Å². The summed E-state index contributed by atoms with van der Waals surface area (Å²) in [5, 5.41) is 3.23. The molecule has 1 aromatic carbocycles. The van der Waals surface area contributed by atoms with E-state index in [0.29, 0.717) is 18.5 Å². The maximum atomic E-state index is 13.4. The van der Waals surface area contributed by atoms with Gasteiger partial charge < -0.3 is 5.32 Å². The van der Waals surface area contributed by atoms with Crippen LogP contribution in [0.4, 0.5) is 4.39 Å². The highest BCUT2D eigenvalue weighted by Gasteiger charge is 2.06. The van der Waals surface area contributed by atoms with Crippen molar-refractivity contribution in [2.45, 2.75) is 46.2 Å². The van der Waals surface area contributed by atoms with Crippen LogP contribution >= 0.6 is 0 Å². The fourth-order valence-corrected chi connectivity index (χ4v) is 1.40. The number of benzene rings is 1. The molecule has 0 saturated carbocycles. The van der Waals surface area contributed by atoms with Crippen LogP contribution in [0.2, 0.25) is 0 Å². The van der Waals surface area contributed by atoms with Crippen LogP contribution in [0.15, 0.2) is 18.2 Å². The summed E-state index contributed by atoms with van der Waals surface area (Å²) in [6.07, 6.45) is 0. The van der Waals surface area contributed by atoms with Gasteiger partial charge in [0.05, 0.1) is 0 Å². The largest absolute Gasteiger partial charge is 0.310 e. The normalized spacial score (nSPS) is 11.4. The first kappa shape index (κ1) is 12.2. The zero-order valence-electron chi connectivity index (χ0n) is 9.97. The van der Waals surface area contributed by atoms with Crippen molar-refractivity contribution in [3.63, 3.8) is 0 Å². The Hall–Kier alpha value is -0.890. The molecule has 1 rings (SSSR count). The van der Waals surface area contributed by atoms with Crippen molar-refractivity contribution < 1.29 is 4.39 Å². The SMILES string of the molecule is CC(C)NCc1cc(C(C)C)ccc1F. The van der Waals surface area contributed by atoms with Crippen LogP contribution in [-0.2, 0) is 6.54 Å². The second-order valence-corrected chi connectivity index (χ2v) is 4.54. The molecular weight excluding hydrogens is 189 g/mol. The highest BCUT2D eigenvalue weighted by Crippen LogP contribution is 2.18. The molecule has 1 nitrogen and oxygen atoms in total. The number of halogens is 1. The van der Waals surface area contributed by atoms with Gasteiger partial charge in [0.1, 0.15) is 5.82 Å². The lowest BCUT2D eigenvalue weighted by molar-refractivity contribution is 0.552. The molecule has 0 fully saturated rings. The summed E-state index contributed by atoms with van der Waals surface area (Å²) < 4.78 is 13.4. The Kier molecular flexibility index (Phi) is 4.28. The third-order valence-corrected chi connectivity index (χ3v) is 2.44. The molecule has 0 aliphatic heterocycles. The molecule has 1 N–H and O–H groups in total. The molecule has 0 atom stereocenters. The minimum Gasteiger partial charge on any atom is -0.310 e. The molecule has 15 heavy (non-hydrogen) atoms. The summed E-state index contributed by atoms with van der Waals surface area (Å²) in [6, 6.07) is 5.76. The molecule has 2 heteroatoms. The van der Waals surface area contributed by atoms with E-state index >= 15 is 0 Å². The predicted molar refractivity (Wildman–Crippen MR) is 62.5 cm³/mol. The van der Waals surface area contributed by atoms with Gasteiger partial charge in [0.15, 0.2) is 0 Å². The quantitative estimate of drug-likeness (QED) is 0.801. The van der Waals surface area contributed by atoms with Gasteiger partial charge in [0, 0.05) is 18.2 Å². The second-order valence-electron chi connectivity index (χ2n) is 4.54. The second kappa shape index (κ2) is 5.26. The zero-order valence-corrected chi connectivity index (χ0v) is 9.97. The summed E-state index contributed by atoms with van der Waals surface area (Å²) in [6.45, 7) is 8.96. The van der Waals surface area contributed by atoms with Crippen LogP contribution in [0.5, 0.6) is 0 Å². The van der Waals surface area contributed by atoms with Gasteiger partial charge in [-0.05, 0) is 17.5 Å². The molecule has 0 aromatic heterocycles. The highest BCUT2D eigenvalue weighted by atomic mass is 19.1. The topological polar surface area (TPSA) is 12.0 Å². The van der Waals surface area contributed by atoms with Crippen molar-refractivity contribution in [2.24, 2.45) is 0 Å². The fraction of sp³-hybridized carbons (Fsp3) is 0.538. The first-order chi connectivity index (χ1) is 7.00. The van der Waals surface area contributed by atoms with Gasteiger partial charge in [-0.3, -0.25) is 0 Å². The van der Waals surface area contributed by atoms with E-state index in [-0.39, 0.29) is 5.82 Å². The average molecular weight is 209 g/mol. The maximum Gasteiger partial charge on any atom is 0.127 e. The maximum absolute atomic E-state index is 13.4. The van der Waals surface area contributed by atoms with Crippen molar-refractivity contribution in [3.05, 3.63) is 35.1 Å². The smallest absolute Gasteiger partial charge is 0.127 e. The van der Waals surface area contributed by atoms with Crippen LogP contribution < -0.4 is 5.32 Å². The molecule has 0 bridgehead atoms. The summed E-state index contributed by atoms with van der Waals surface area (Å²) in [5.74, 6) is 0.330. The first-order valence-corrected chi connectivity index (χ1v) is 5.52. The lowest BCUT2D eigenvalue weighted by atomic mass is 10.0. The van der Waals surface area contributed by atoms with E-state index in [9.17, 15) is 4.39 Å². The Morgan fingerprint density at radius 2 is 1.87 bits per heavy atom. The van der Waals surface area contributed by atoms with Crippen molar-refractivity contribution in [3.8, 4) is 0 Å². The van der Waals surface area contributed by atoms with Crippen LogP contribution in [-0.4, -0.2) is 6.04 Å². The molecule has 0 aliphatic carbocycles. The van der Waals surface area contributed by atoms with E-state index in [1.54, 1.807) is 6.07 Å². The van der Waals surface area contributed by atoms with Gasteiger partial charge >= 0.3 is 0 Å². The number of hydrogen-bond acceptors (Lipinski definition) is 1. The molecule has 0 spiro atoms. The van der Waals surface area contributed by atoms with Gasteiger partial charge in [-0.15, -0.1) is 0 Å². The third kappa shape index (κ3) is 3.63. The van der Waals surface area contributed by atoms with E-state index in [1.165, 1.54) is 5.56 Å². The van der Waals surface area contributed by atoms with Crippen molar-refractivity contribution in [1.82, 2.24) is 5.32 Å². The van der Waals surface area contributed by atoms with E-state index in [4.69, 9.17) is 0 Å². The van der Waals surface area contributed by atoms with Gasteiger partial charge in [-0.2, -0.15) is 0 Å². The Labute approximate surface area is 91.7 Å². The van der Waals surface area contributed by atoms with E-state index < -0.39 is 0 Å². The van der Waals surface area contributed by atoms with Gasteiger partial charge in [0.2, 0.25) is 0 Å². The molecule has 0 saturated heterocycles. The Morgan fingerprint density at radius 1 is 1.20 bits per heavy atom. The summed E-state index contributed by atoms with van der Waals surface area (Å²) >= 11 is 0. The Morgan fingerprint density at radius 3 is 2.40 bits per heavy atom. The predicted octanol–water partition coefficient (Wildman–Crippen LogP) is 3.45. The van der Waals surface area contributed by atoms with Crippen molar-refractivity contribution >= 4 is 0 Å². The summed E-state index contributed by atoms with van der Waals surface area (Å²) in [5.41, 5.74) is 1.95. The van der Waals surface area contributed by atoms with Gasteiger partial charge in [-0.1, -0.05) is 39.8 Å². The van der Waals surface area contributed by atoms with Crippen LogP contribution in [0, 0.1) is 5.82 Å². The molecule has 84 valence electrons. The van der Waals surface area contributed by atoms with E-state index in [2.05, 4.69) is 33.0 Å². The van der Waals surface area contributed by atoms with E-state index in [1.807, 2.05) is 12.1 Å². The molecular formula is C13H20FN. The number of nitrogens with one attached hydrogen (secondary N) is 1. The fourth-order valence-electron chi connectivity index (χ4n) is 1.40. The highest BCUT2D eigenvalue weighted by molar-refractivity contribution is 5.27. The molecule has 0 heterocycles. The first-order valence-electron chi connectivity index (χ1n) is 5.52. The molecule has 0 unspecified atom stereocenters. The average Bonchev–Trinajstić information content (AvgIpc) is 2.16.